The van der Waals surface area contributed by atoms with Crippen LogP contribution >= 0.6 is 0 Å². The Morgan fingerprint density at radius 1 is 1.07 bits per heavy atom. The third-order valence-electron chi connectivity index (χ3n) is 2.63. The molecule has 0 fully saturated rings. The van der Waals surface area contributed by atoms with Crippen molar-refractivity contribution >= 4 is 0 Å². The van der Waals surface area contributed by atoms with Crippen molar-refractivity contribution in [3.8, 4) is 0 Å². The van der Waals surface area contributed by atoms with Crippen LogP contribution in [0.4, 0.5) is 0 Å². The minimum absolute atomic E-state index is 0.782. The third kappa shape index (κ3) is 10.2. The molecule has 0 atom stereocenters. The van der Waals surface area contributed by atoms with Crippen LogP contribution in [0.1, 0.15) is 47.0 Å². The second-order valence-electron chi connectivity index (χ2n) is 4.74. The molecule has 0 aliphatic rings. The molecule has 0 amide bonds. The van der Waals surface area contributed by atoms with E-state index in [1.807, 2.05) is 0 Å². The Hall–Kier alpha value is -0.0800. The van der Waals surface area contributed by atoms with Crippen molar-refractivity contribution in [2.45, 2.75) is 47.0 Å². The molecule has 2 nitrogen and oxygen atoms in total. The van der Waals surface area contributed by atoms with Crippen molar-refractivity contribution in [1.29, 1.82) is 0 Å². The molecule has 0 aliphatic carbocycles. The van der Waals surface area contributed by atoms with E-state index >= 15 is 0 Å². The summed E-state index contributed by atoms with van der Waals surface area (Å²) in [5, 5.41) is 3.52. The highest BCUT2D eigenvalue weighted by molar-refractivity contribution is 4.60. The zero-order valence-corrected chi connectivity index (χ0v) is 11.2. The van der Waals surface area contributed by atoms with E-state index in [1.165, 1.54) is 45.4 Å². The molecule has 0 heterocycles. The SMILES string of the molecule is CCCCCNCCN(CC)CC(C)C. The van der Waals surface area contributed by atoms with Gasteiger partial charge < -0.3 is 10.2 Å². The van der Waals surface area contributed by atoms with E-state index in [-0.39, 0.29) is 0 Å². The normalized spacial score (nSPS) is 11.6. The zero-order valence-electron chi connectivity index (χ0n) is 11.2. The van der Waals surface area contributed by atoms with Gasteiger partial charge in [0.1, 0.15) is 0 Å². The number of hydrogen-bond donors (Lipinski definition) is 1. The molecule has 0 saturated heterocycles. The van der Waals surface area contributed by atoms with Gasteiger partial charge in [-0.3, -0.25) is 0 Å². The van der Waals surface area contributed by atoms with Gasteiger partial charge in [-0.1, -0.05) is 40.5 Å². The highest BCUT2D eigenvalue weighted by Crippen LogP contribution is 1.97. The van der Waals surface area contributed by atoms with E-state index in [1.54, 1.807) is 0 Å². The van der Waals surface area contributed by atoms with Gasteiger partial charge >= 0.3 is 0 Å². The van der Waals surface area contributed by atoms with Crippen molar-refractivity contribution in [2.75, 3.05) is 32.7 Å². The lowest BCUT2D eigenvalue weighted by molar-refractivity contribution is 0.256. The molecule has 0 aromatic heterocycles. The second kappa shape index (κ2) is 10.4. The first-order valence-electron chi connectivity index (χ1n) is 6.63. The summed E-state index contributed by atoms with van der Waals surface area (Å²) in [7, 11) is 0. The first kappa shape index (κ1) is 14.9. The number of hydrogen-bond acceptors (Lipinski definition) is 2. The van der Waals surface area contributed by atoms with Crippen LogP contribution in [0.2, 0.25) is 0 Å². The van der Waals surface area contributed by atoms with Crippen molar-refractivity contribution in [3.05, 3.63) is 0 Å². The molecular weight excluding hydrogens is 184 g/mol. The lowest BCUT2D eigenvalue weighted by Gasteiger charge is -2.22. The molecule has 0 rings (SSSR count). The molecule has 0 bridgehead atoms. The molecule has 0 spiro atoms. The van der Waals surface area contributed by atoms with Gasteiger partial charge in [0.05, 0.1) is 0 Å². The van der Waals surface area contributed by atoms with E-state index < -0.39 is 0 Å². The van der Waals surface area contributed by atoms with E-state index in [0.29, 0.717) is 0 Å². The predicted octanol–water partition coefficient (Wildman–Crippen LogP) is 2.74. The molecular formula is C13H30N2. The van der Waals surface area contributed by atoms with Crippen molar-refractivity contribution in [1.82, 2.24) is 10.2 Å². The van der Waals surface area contributed by atoms with E-state index in [4.69, 9.17) is 0 Å². The summed E-state index contributed by atoms with van der Waals surface area (Å²) in [5.41, 5.74) is 0. The minimum atomic E-state index is 0.782. The minimum Gasteiger partial charge on any atom is -0.315 e. The summed E-state index contributed by atoms with van der Waals surface area (Å²) in [5.74, 6) is 0.782. The maximum atomic E-state index is 3.52. The molecule has 0 aromatic rings. The molecule has 92 valence electrons. The number of unbranched alkanes of at least 4 members (excludes halogenated alkanes) is 2. The van der Waals surface area contributed by atoms with Crippen LogP contribution in [0.25, 0.3) is 0 Å². The van der Waals surface area contributed by atoms with Gasteiger partial charge in [-0.2, -0.15) is 0 Å². The van der Waals surface area contributed by atoms with Crippen LogP contribution in [-0.4, -0.2) is 37.6 Å². The average molecular weight is 214 g/mol. The second-order valence-corrected chi connectivity index (χ2v) is 4.74. The van der Waals surface area contributed by atoms with Crippen molar-refractivity contribution < 1.29 is 0 Å². The summed E-state index contributed by atoms with van der Waals surface area (Å²) in [6, 6.07) is 0. The molecule has 1 N–H and O–H groups in total. The van der Waals surface area contributed by atoms with Gasteiger partial charge in [0.15, 0.2) is 0 Å². The summed E-state index contributed by atoms with van der Waals surface area (Å²) >= 11 is 0. The monoisotopic (exact) mass is 214 g/mol. The smallest absolute Gasteiger partial charge is 0.0107 e. The Kier molecular flexibility index (Phi) is 10.4. The van der Waals surface area contributed by atoms with Crippen LogP contribution in [0, 0.1) is 5.92 Å². The maximum absolute atomic E-state index is 3.52. The quantitative estimate of drug-likeness (QED) is 0.563. The fourth-order valence-electron chi connectivity index (χ4n) is 1.76. The Bertz CT molecular complexity index is 124. The zero-order chi connectivity index (χ0) is 11.5. The first-order chi connectivity index (χ1) is 7.20. The molecule has 0 aliphatic heterocycles. The lowest BCUT2D eigenvalue weighted by atomic mass is 10.2. The topological polar surface area (TPSA) is 15.3 Å². The van der Waals surface area contributed by atoms with Gasteiger partial charge in [-0.25, -0.2) is 0 Å². The summed E-state index contributed by atoms with van der Waals surface area (Å²) < 4.78 is 0. The first-order valence-corrected chi connectivity index (χ1v) is 6.63. The largest absolute Gasteiger partial charge is 0.315 e. The molecule has 0 saturated carbocycles. The van der Waals surface area contributed by atoms with Gasteiger partial charge in [0.25, 0.3) is 0 Å². The molecule has 15 heavy (non-hydrogen) atoms. The van der Waals surface area contributed by atoms with Gasteiger partial charge in [-0.05, 0) is 25.4 Å². The Labute approximate surface area is 96.4 Å². The highest BCUT2D eigenvalue weighted by Gasteiger charge is 2.03. The fourth-order valence-corrected chi connectivity index (χ4v) is 1.76. The number of likely N-dealkylation sites (N-methyl/N-ethyl adjacent to an activating group) is 1. The molecule has 0 unspecified atom stereocenters. The molecule has 0 radical (unpaired) electrons. The van der Waals surface area contributed by atoms with Gasteiger partial charge in [0, 0.05) is 19.6 Å². The van der Waals surface area contributed by atoms with Crippen LogP contribution in [0.15, 0.2) is 0 Å². The van der Waals surface area contributed by atoms with Crippen LogP contribution in [0.5, 0.6) is 0 Å². The number of rotatable bonds is 10. The molecule has 0 aromatic carbocycles. The molecule has 2 heteroatoms. The van der Waals surface area contributed by atoms with Crippen LogP contribution in [-0.2, 0) is 0 Å². The maximum Gasteiger partial charge on any atom is 0.0107 e. The number of nitrogens with one attached hydrogen (secondary N) is 1. The lowest BCUT2D eigenvalue weighted by Crippen LogP contribution is -2.34. The van der Waals surface area contributed by atoms with Crippen molar-refractivity contribution in [3.63, 3.8) is 0 Å². The predicted molar refractivity (Wildman–Crippen MR) is 69.3 cm³/mol. The van der Waals surface area contributed by atoms with E-state index in [0.717, 1.165) is 12.5 Å². The highest BCUT2D eigenvalue weighted by atomic mass is 15.1. The number of nitrogens with zero attached hydrogens (tertiary/aromatic N) is 1. The summed E-state index contributed by atoms with van der Waals surface area (Å²) in [4.78, 5) is 2.53. The Balaban J connectivity index is 3.30. The summed E-state index contributed by atoms with van der Waals surface area (Å²) in [6.07, 6.45) is 4.00. The van der Waals surface area contributed by atoms with E-state index in [9.17, 15) is 0 Å². The van der Waals surface area contributed by atoms with Crippen molar-refractivity contribution in [2.24, 2.45) is 5.92 Å². The average Bonchev–Trinajstić information content (AvgIpc) is 2.20. The van der Waals surface area contributed by atoms with Crippen LogP contribution in [0.3, 0.4) is 0 Å². The standard InChI is InChI=1S/C13H30N2/c1-5-7-8-9-14-10-11-15(6-2)12-13(3)4/h13-14H,5-12H2,1-4H3. The summed E-state index contributed by atoms with van der Waals surface area (Å²) in [6.45, 7) is 15.0. The third-order valence-corrected chi connectivity index (χ3v) is 2.63. The van der Waals surface area contributed by atoms with Gasteiger partial charge in [-0.15, -0.1) is 0 Å². The van der Waals surface area contributed by atoms with Gasteiger partial charge in [0.2, 0.25) is 0 Å². The Morgan fingerprint density at radius 2 is 1.80 bits per heavy atom. The van der Waals surface area contributed by atoms with E-state index in [2.05, 4.69) is 37.9 Å². The Morgan fingerprint density at radius 3 is 2.33 bits per heavy atom. The fraction of sp³-hybridized carbons (Fsp3) is 1.00. The van der Waals surface area contributed by atoms with Crippen LogP contribution < -0.4 is 5.32 Å².